The Balaban J connectivity index is 1.83. The zero-order chi connectivity index (χ0) is 18.4. The van der Waals surface area contributed by atoms with Gasteiger partial charge in [-0.05, 0) is 7.05 Å². The molecule has 2 aliphatic heterocycles. The molecule has 4 N–H and O–H groups in total. The number of likely N-dealkylation sites (N-methyl/N-ethyl adjacent to an activating group) is 1. The minimum atomic E-state index is -1.28. The van der Waals surface area contributed by atoms with E-state index < -0.39 is 36.7 Å². The van der Waals surface area contributed by atoms with E-state index >= 15 is 0 Å². The minimum absolute atomic E-state index is 0.138. The Morgan fingerprint density at radius 2 is 2.00 bits per heavy atom. The summed E-state index contributed by atoms with van der Waals surface area (Å²) in [7, 11) is 2.03. The van der Waals surface area contributed by atoms with E-state index in [0.717, 1.165) is 13.1 Å². The second-order valence-electron chi connectivity index (χ2n) is 6.70. The van der Waals surface area contributed by atoms with Gasteiger partial charge in [-0.2, -0.15) is 0 Å². The molecule has 4 atom stereocenters. The number of aliphatic hydroxyl groups excluding tert-OH is 3. The molecule has 11 heteroatoms. The monoisotopic (exact) mass is 366 g/mol. The van der Waals surface area contributed by atoms with Crippen molar-refractivity contribution in [3.05, 3.63) is 16.7 Å². The number of hydrogen-bond acceptors (Lipinski definition) is 9. The van der Waals surface area contributed by atoms with E-state index in [1.807, 2.05) is 11.9 Å². The van der Waals surface area contributed by atoms with Crippen molar-refractivity contribution in [3.63, 3.8) is 0 Å². The van der Waals surface area contributed by atoms with Gasteiger partial charge in [0.1, 0.15) is 18.3 Å². The van der Waals surface area contributed by atoms with E-state index in [1.54, 1.807) is 4.57 Å². The fourth-order valence-electron chi connectivity index (χ4n) is 3.47. The second kappa shape index (κ2) is 6.59. The molecule has 2 saturated heterocycles. The molecule has 4 heterocycles. The standard InChI is InChI=1S/C15H22N6O5/c1-19-2-4-20(5-3-19)15-18-9-12(16-7-17-13(9)25)21(15)14-11(24)10(23)8(6-22)26-14/h7-8,10-11,14,22-24H,2-6H2,1H3,(H,16,17,25)/t8-,10-,11-,14-/m0/s1. The van der Waals surface area contributed by atoms with E-state index in [0.29, 0.717) is 19.0 Å². The average Bonchev–Trinajstić information content (AvgIpc) is 3.15. The van der Waals surface area contributed by atoms with E-state index in [2.05, 4.69) is 19.9 Å². The summed E-state index contributed by atoms with van der Waals surface area (Å²) in [5.74, 6) is 0.451. The number of aromatic amines is 1. The number of ether oxygens (including phenoxy) is 1. The lowest BCUT2D eigenvalue weighted by molar-refractivity contribution is -0.0505. The SMILES string of the molecule is CN1CCN(c2nc3c(=O)[nH]cnc3n2[C@H]2O[C@@H](CO)[C@H](O)[C@@H]2O)CC1. The fraction of sp³-hybridized carbons (Fsp3) is 0.667. The molecule has 11 nitrogen and oxygen atoms in total. The summed E-state index contributed by atoms with van der Waals surface area (Å²) < 4.78 is 7.20. The maximum Gasteiger partial charge on any atom is 0.278 e. The van der Waals surface area contributed by atoms with Crippen molar-refractivity contribution < 1.29 is 20.1 Å². The van der Waals surface area contributed by atoms with Crippen LogP contribution >= 0.6 is 0 Å². The Kier molecular flexibility index (Phi) is 4.40. The Morgan fingerprint density at radius 3 is 2.65 bits per heavy atom. The number of imidazole rings is 1. The molecule has 0 amide bonds. The number of piperazine rings is 1. The molecule has 0 unspecified atom stereocenters. The highest BCUT2D eigenvalue weighted by molar-refractivity contribution is 5.74. The predicted molar refractivity (Wildman–Crippen MR) is 90.9 cm³/mol. The number of hydrogen-bond donors (Lipinski definition) is 4. The summed E-state index contributed by atoms with van der Waals surface area (Å²) in [6.07, 6.45) is -3.19. The summed E-state index contributed by atoms with van der Waals surface area (Å²) in [6, 6.07) is 0. The number of aliphatic hydroxyl groups is 3. The summed E-state index contributed by atoms with van der Waals surface area (Å²) in [6.45, 7) is 2.59. The van der Waals surface area contributed by atoms with Crippen LogP contribution in [0.2, 0.25) is 0 Å². The van der Waals surface area contributed by atoms with Crippen LogP contribution in [0.1, 0.15) is 6.23 Å². The van der Waals surface area contributed by atoms with E-state index in [4.69, 9.17) is 4.74 Å². The van der Waals surface area contributed by atoms with Gasteiger partial charge in [0.25, 0.3) is 5.56 Å². The maximum absolute atomic E-state index is 12.2. The first-order valence-electron chi connectivity index (χ1n) is 8.53. The van der Waals surface area contributed by atoms with Crippen LogP contribution in [-0.2, 0) is 4.74 Å². The molecule has 0 saturated carbocycles. The molecule has 142 valence electrons. The number of fused-ring (bicyclic) bond motifs is 1. The molecular weight excluding hydrogens is 344 g/mol. The van der Waals surface area contributed by atoms with Gasteiger partial charge in [-0.1, -0.05) is 0 Å². The maximum atomic E-state index is 12.2. The third-order valence-electron chi connectivity index (χ3n) is 5.02. The van der Waals surface area contributed by atoms with Crippen molar-refractivity contribution in [2.45, 2.75) is 24.5 Å². The van der Waals surface area contributed by atoms with Crippen molar-refractivity contribution in [1.82, 2.24) is 24.4 Å². The first-order valence-corrected chi connectivity index (χ1v) is 8.53. The van der Waals surface area contributed by atoms with Gasteiger partial charge in [-0.3, -0.25) is 9.36 Å². The van der Waals surface area contributed by atoms with Crippen molar-refractivity contribution >= 4 is 17.1 Å². The topological polar surface area (TPSA) is 140 Å². The third kappa shape index (κ3) is 2.68. The second-order valence-corrected chi connectivity index (χ2v) is 6.70. The smallest absolute Gasteiger partial charge is 0.278 e. The zero-order valence-electron chi connectivity index (χ0n) is 14.3. The molecule has 2 aliphatic rings. The van der Waals surface area contributed by atoms with Gasteiger partial charge in [-0.25, -0.2) is 9.97 Å². The van der Waals surface area contributed by atoms with Crippen molar-refractivity contribution in [2.75, 3.05) is 44.7 Å². The van der Waals surface area contributed by atoms with Gasteiger partial charge in [0, 0.05) is 26.2 Å². The van der Waals surface area contributed by atoms with Crippen LogP contribution in [0.3, 0.4) is 0 Å². The van der Waals surface area contributed by atoms with Crippen molar-refractivity contribution in [3.8, 4) is 0 Å². The lowest BCUT2D eigenvalue weighted by atomic mass is 10.1. The summed E-state index contributed by atoms with van der Waals surface area (Å²) in [4.78, 5) is 27.5. The number of H-pyrrole nitrogens is 1. The van der Waals surface area contributed by atoms with Crippen LogP contribution in [0.5, 0.6) is 0 Å². The zero-order valence-corrected chi connectivity index (χ0v) is 14.3. The largest absolute Gasteiger partial charge is 0.394 e. The molecule has 2 fully saturated rings. The van der Waals surface area contributed by atoms with Crippen molar-refractivity contribution in [1.29, 1.82) is 0 Å². The lowest BCUT2D eigenvalue weighted by Crippen LogP contribution is -2.46. The van der Waals surface area contributed by atoms with E-state index in [-0.39, 0.29) is 11.2 Å². The van der Waals surface area contributed by atoms with Crippen LogP contribution < -0.4 is 10.5 Å². The quantitative estimate of drug-likeness (QED) is 0.463. The van der Waals surface area contributed by atoms with Crippen LogP contribution in [0, 0.1) is 0 Å². The predicted octanol–water partition coefficient (Wildman–Crippen LogP) is -2.52. The van der Waals surface area contributed by atoms with Crippen LogP contribution in [-0.4, -0.2) is 97.9 Å². The molecule has 0 aliphatic carbocycles. The van der Waals surface area contributed by atoms with Crippen LogP contribution in [0.4, 0.5) is 5.95 Å². The molecule has 26 heavy (non-hydrogen) atoms. The molecule has 0 aromatic carbocycles. The first kappa shape index (κ1) is 17.4. The Labute approximate surface area is 148 Å². The molecule has 0 radical (unpaired) electrons. The van der Waals surface area contributed by atoms with Gasteiger partial charge in [0.05, 0.1) is 12.9 Å². The van der Waals surface area contributed by atoms with E-state index in [1.165, 1.54) is 6.33 Å². The van der Waals surface area contributed by atoms with Crippen LogP contribution in [0.15, 0.2) is 11.1 Å². The molecule has 2 aromatic rings. The minimum Gasteiger partial charge on any atom is -0.394 e. The Morgan fingerprint density at radius 1 is 1.27 bits per heavy atom. The van der Waals surface area contributed by atoms with Gasteiger partial charge >= 0.3 is 0 Å². The molecule has 4 rings (SSSR count). The fourth-order valence-corrected chi connectivity index (χ4v) is 3.47. The van der Waals surface area contributed by atoms with Crippen molar-refractivity contribution in [2.24, 2.45) is 0 Å². The first-order chi connectivity index (χ1) is 12.5. The lowest BCUT2D eigenvalue weighted by Gasteiger charge is -2.34. The number of rotatable bonds is 3. The average molecular weight is 366 g/mol. The number of nitrogens with zero attached hydrogens (tertiary/aromatic N) is 5. The number of anilines is 1. The highest BCUT2D eigenvalue weighted by Gasteiger charge is 2.45. The molecular formula is C15H22N6O5. The highest BCUT2D eigenvalue weighted by atomic mass is 16.6. The van der Waals surface area contributed by atoms with Gasteiger partial charge < -0.3 is 34.8 Å². The molecule has 0 spiro atoms. The van der Waals surface area contributed by atoms with Gasteiger partial charge in [-0.15, -0.1) is 0 Å². The van der Waals surface area contributed by atoms with Gasteiger partial charge in [0.2, 0.25) is 5.95 Å². The summed E-state index contributed by atoms with van der Waals surface area (Å²) in [5.41, 5.74) is 0.00700. The van der Waals surface area contributed by atoms with Gasteiger partial charge in [0.15, 0.2) is 17.4 Å². The molecule has 0 bridgehead atoms. The Hall–Kier alpha value is -2.05. The highest BCUT2D eigenvalue weighted by Crippen LogP contribution is 2.35. The third-order valence-corrected chi connectivity index (χ3v) is 5.02. The summed E-state index contributed by atoms with van der Waals surface area (Å²) in [5, 5.41) is 29.9. The van der Waals surface area contributed by atoms with E-state index in [9.17, 15) is 20.1 Å². The normalized spacial score (nSPS) is 30.4. The summed E-state index contributed by atoms with van der Waals surface area (Å²) >= 11 is 0. The molecule has 2 aromatic heterocycles. The number of nitrogens with one attached hydrogen (secondary N) is 1. The Bertz CT molecular complexity index is 845. The van der Waals surface area contributed by atoms with Crippen LogP contribution in [0.25, 0.3) is 11.2 Å². The number of aromatic nitrogens is 4.